The highest BCUT2D eigenvalue weighted by Gasteiger charge is 2.05. The molecular formula is C14H10Cl3NOS. The van der Waals surface area contributed by atoms with Crippen LogP contribution in [0.3, 0.4) is 0 Å². The van der Waals surface area contributed by atoms with Crippen LogP contribution in [-0.2, 0) is 4.79 Å². The fraction of sp³-hybridized carbons (Fsp3) is 0.0714. The Labute approximate surface area is 136 Å². The van der Waals surface area contributed by atoms with E-state index in [1.807, 2.05) is 12.1 Å². The Bertz CT molecular complexity index is 596. The molecule has 2 nitrogen and oxygen atoms in total. The van der Waals surface area contributed by atoms with Gasteiger partial charge in [0.1, 0.15) is 0 Å². The number of amides is 1. The smallest absolute Gasteiger partial charge is 0.234 e. The molecule has 1 N–H and O–H groups in total. The van der Waals surface area contributed by atoms with Crippen LogP contribution in [0.5, 0.6) is 0 Å². The molecule has 2 aromatic rings. The Kier molecular flexibility index (Phi) is 5.61. The third-order valence-corrected chi connectivity index (χ3v) is 4.03. The van der Waals surface area contributed by atoms with Crippen LogP contribution >= 0.6 is 46.6 Å². The van der Waals surface area contributed by atoms with Gasteiger partial charge >= 0.3 is 0 Å². The van der Waals surface area contributed by atoms with E-state index in [1.54, 1.807) is 30.3 Å². The van der Waals surface area contributed by atoms with Gasteiger partial charge in [-0.1, -0.05) is 34.8 Å². The van der Waals surface area contributed by atoms with E-state index in [0.717, 1.165) is 4.90 Å². The number of hydrogen-bond acceptors (Lipinski definition) is 2. The number of carbonyl (C=O) groups excluding carboxylic acids is 1. The maximum absolute atomic E-state index is 11.8. The number of nitrogens with one attached hydrogen (secondary N) is 1. The van der Waals surface area contributed by atoms with E-state index >= 15 is 0 Å². The second-order valence-corrected chi connectivity index (χ2v) is 6.31. The fourth-order valence-electron chi connectivity index (χ4n) is 1.50. The maximum atomic E-state index is 11.8. The van der Waals surface area contributed by atoms with E-state index in [9.17, 15) is 4.79 Å². The maximum Gasteiger partial charge on any atom is 0.234 e. The summed E-state index contributed by atoms with van der Waals surface area (Å²) in [4.78, 5) is 12.8. The number of rotatable bonds is 4. The number of halogens is 3. The lowest BCUT2D eigenvalue weighted by Crippen LogP contribution is -2.13. The summed E-state index contributed by atoms with van der Waals surface area (Å²) in [5, 5.41) is 4.39. The van der Waals surface area contributed by atoms with Crippen LogP contribution < -0.4 is 5.32 Å². The predicted molar refractivity (Wildman–Crippen MR) is 87.3 cm³/mol. The highest BCUT2D eigenvalue weighted by Crippen LogP contribution is 2.24. The Balaban J connectivity index is 1.90. The first-order valence-electron chi connectivity index (χ1n) is 5.67. The fourth-order valence-corrected chi connectivity index (χ4v) is 2.85. The summed E-state index contributed by atoms with van der Waals surface area (Å²) in [6, 6.07) is 12.2. The number of thioether (sulfide) groups is 1. The van der Waals surface area contributed by atoms with Crippen molar-refractivity contribution in [3.05, 3.63) is 57.5 Å². The van der Waals surface area contributed by atoms with E-state index < -0.39 is 0 Å². The van der Waals surface area contributed by atoms with Gasteiger partial charge in [-0.3, -0.25) is 4.79 Å². The molecule has 0 radical (unpaired) electrons. The third kappa shape index (κ3) is 4.91. The highest BCUT2D eigenvalue weighted by atomic mass is 35.5. The first kappa shape index (κ1) is 15.5. The molecule has 0 spiro atoms. The molecule has 0 heterocycles. The van der Waals surface area contributed by atoms with Crippen molar-refractivity contribution in [1.82, 2.24) is 0 Å². The number of hydrogen-bond donors (Lipinski definition) is 1. The van der Waals surface area contributed by atoms with E-state index in [-0.39, 0.29) is 5.91 Å². The molecule has 20 heavy (non-hydrogen) atoms. The Morgan fingerprint density at radius 2 is 1.55 bits per heavy atom. The van der Waals surface area contributed by atoms with Crippen molar-refractivity contribution in [2.45, 2.75) is 4.90 Å². The van der Waals surface area contributed by atoms with Gasteiger partial charge in [-0.2, -0.15) is 0 Å². The predicted octanol–water partition coefficient (Wildman–Crippen LogP) is 5.38. The van der Waals surface area contributed by atoms with Crippen LogP contribution in [0.2, 0.25) is 15.1 Å². The summed E-state index contributed by atoms with van der Waals surface area (Å²) in [5.41, 5.74) is 0.587. The number of anilines is 1. The summed E-state index contributed by atoms with van der Waals surface area (Å²) in [5.74, 6) is 0.175. The molecule has 0 unspecified atom stereocenters. The van der Waals surface area contributed by atoms with Gasteiger partial charge in [0.25, 0.3) is 0 Å². The third-order valence-electron chi connectivity index (χ3n) is 2.33. The molecule has 1 amide bonds. The van der Waals surface area contributed by atoms with Gasteiger partial charge in [-0.25, -0.2) is 0 Å². The lowest BCUT2D eigenvalue weighted by molar-refractivity contribution is -0.113. The molecule has 0 fully saturated rings. The summed E-state index contributed by atoms with van der Waals surface area (Å²) < 4.78 is 0. The lowest BCUT2D eigenvalue weighted by atomic mass is 10.3. The molecule has 0 aliphatic carbocycles. The van der Waals surface area contributed by atoms with Crippen molar-refractivity contribution in [1.29, 1.82) is 0 Å². The van der Waals surface area contributed by atoms with Crippen LogP contribution in [0.1, 0.15) is 0 Å². The van der Waals surface area contributed by atoms with Crippen molar-refractivity contribution in [3.8, 4) is 0 Å². The van der Waals surface area contributed by atoms with Crippen molar-refractivity contribution in [3.63, 3.8) is 0 Å². The number of benzene rings is 2. The van der Waals surface area contributed by atoms with Crippen LogP contribution in [0.4, 0.5) is 5.69 Å². The van der Waals surface area contributed by atoms with Crippen molar-refractivity contribution in [2.75, 3.05) is 11.1 Å². The highest BCUT2D eigenvalue weighted by molar-refractivity contribution is 8.00. The monoisotopic (exact) mass is 345 g/mol. The molecule has 2 rings (SSSR count). The molecule has 2 aromatic carbocycles. The van der Waals surface area contributed by atoms with E-state index in [2.05, 4.69) is 5.32 Å². The lowest BCUT2D eigenvalue weighted by Gasteiger charge is -2.06. The van der Waals surface area contributed by atoms with Gasteiger partial charge in [-0.15, -0.1) is 11.8 Å². The molecule has 104 valence electrons. The van der Waals surface area contributed by atoms with Crippen molar-refractivity contribution < 1.29 is 4.79 Å². The van der Waals surface area contributed by atoms with Gasteiger partial charge in [-0.05, 0) is 42.5 Å². The zero-order valence-corrected chi connectivity index (χ0v) is 13.3. The molecular weight excluding hydrogens is 337 g/mol. The zero-order chi connectivity index (χ0) is 14.5. The SMILES string of the molecule is O=C(CSc1ccc(Cl)cc1)Nc1cc(Cl)cc(Cl)c1. The molecule has 0 aromatic heterocycles. The van der Waals surface area contributed by atoms with Crippen molar-refractivity contribution >= 4 is 58.2 Å². The molecule has 6 heteroatoms. The second kappa shape index (κ2) is 7.23. The van der Waals surface area contributed by atoms with Crippen LogP contribution in [0.15, 0.2) is 47.4 Å². The minimum Gasteiger partial charge on any atom is -0.325 e. The second-order valence-electron chi connectivity index (χ2n) is 3.95. The Morgan fingerprint density at radius 1 is 0.950 bits per heavy atom. The van der Waals surface area contributed by atoms with Crippen LogP contribution in [0.25, 0.3) is 0 Å². The average molecular weight is 347 g/mol. The van der Waals surface area contributed by atoms with Gasteiger partial charge in [0.2, 0.25) is 5.91 Å². The summed E-state index contributed by atoms with van der Waals surface area (Å²) in [7, 11) is 0. The molecule has 0 atom stereocenters. The van der Waals surface area contributed by atoms with Gasteiger partial charge < -0.3 is 5.32 Å². The molecule has 0 saturated carbocycles. The standard InChI is InChI=1S/C14H10Cl3NOS/c15-9-1-3-13(4-2-9)20-8-14(19)18-12-6-10(16)5-11(17)7-12/h1-7H,8H2,(H,18,19). The molecule has 0 bridgehead atoms. The minimum absolute atomic E-state index is 0.122. The molecule has 0 aliphatic rings. The van der Waals surface area contributed by atoms with E-state index in [4.69, 9.17) is 34.8 Å². The molecule has 0 saturated heterocycles. The van der Waals surface area contributed by atoms with Crippen LogP contribution in [0, 0.1) is 0 Å². The largest absolute Gasteiger partial charge is 0.325 e. The summed E-state index contributed by atoms with van der Waals surface area (Å²) >= 11 is 19.0. The Morgan fingerprint density at radius 3 is 2.15 bits per heavy atom. The zero-order valence-electron chi connectivity index (χ0n) is 10.2. The first-order valence-corrected chi connectivity index (χ1v) is 7.79. The van der Waals surface area contributed by atoms with E-state index in [0.29, 0.717) is 26.5 Å². The Hall–Kier alpha value is -0.870. The first-order chi connectivity index (χ1) is 9.52. The van der Waals surface area contributed by atoms with Gasteiger partial charge in [0.15, 0.2) is 0 Å². The normalized spacial score (nSPS) is 10.3. The van der Waals surface area contributed by atoms with Crippen LogP contribution in [-0.4, -0.2) is 11.7 Å². The van der Waals surface area contributed by atoms with Gasteiger partial charge in [0, 0.05) is 25.7 Å². The minimum atomic E-state index is -0.122. The molecule has 0 aliphatic heterocycles. The number of carbonyl (C=O) groups is 1. The van der Waals surface area contributed by atoms with Gasteiger partial charge in [0.05, 0.1) is 5.75 Å². The van der Waals surface area contributed by atoms with E-state index in [1.165, 1.54) is 11.8 Å². The summed E-state index contributed by atoms with van der Waals surface area (Å²) in [6.07, 6.45) is 0. The quantitative estimate of drug-likeness (QED) is 0.753. The topological polar surface area (TPSA) is 29.1 Å². The van der Waals surface area contributed by atoms with Crippen molar-refractivity contribution in [2.24, 2.45) is 0 Å². The average Bonchev–Trinajstić information content (AvgIpc) is 2.37. The summed E-state index contributed by atoms with van der Waals surface area (Å²) in [6.45, 7) is 0.